The van der Waals surface area contributed by atoms with Gasteiger partial charge in [-0.15, -0.1) is 0 Å². The third-order valence-electron chi connectivity index (χ3n) is 2.96. The fraction of sp³-hybridized carbons (Fsp3) is 0.0714. The number of hydrogen-bond donors (Lipinski definition) is 1. The van der Waals surface area contributed by atoms with Crippen LogP contribution in [0.1, 0.15) is 5.56 Å². The maximum atomic E-state index is 13.0. The molecule has 0 fully saturated rings. The van der Waals surface area contributed by atoms with E-state index < -0.39 is 0 Å². The topological polar surface area (TPSA) is 48.8 Å². The van der Waals surface area contributed by atoms with Crippen LogP contribution in [0.25, 0.3) is 11.5 Å². The van der Waals surface area contributed by atoms with E-state index in [-0.39, 0.29) is 5.82 Å². The zero-order chi connectivity index (χ0) is 13.2. The second kappa shape index (κ2) is 4.70. The van der Waals surface area contributed by atoms with Gasteiger partial charge in [0.25, 0.3) is 0 Å². The van der Waals surface area contributed by atoms with Crippen molar-refractivity contribution in [1.82, 2.24) is 14.3 Å². The lowest BCUT2D eigenvalue weighted by Gasteiger charge is -2.10. The molecular weight excluding hydrogens is 243 g/mol. The van der Waals surface area contributed by atoms with Crippen LogP contribution >= 0.6 is 0 Å². The van der Waals surface area contributed by atoms with Crippen molar-refractivity contribution >= 4 is 0 Å². The average molecular weight is 256 g/mol. The molecule has 0 aliphatic rings. The van der Waals surface area contributed by atoms with Crippen molar-refractivity contribution < 1.29 is 4.39 Å². The van der Waals surface area contributed by atoms with Crippen molar-refractivity contribution in [2.45, 2.75) is 6.54 Å². The molecule has 0 aliphatic heterocycles. The fourth-order valence-electron chi connectivity index (χ4n) is 2.04. The summed E-state index contributed by atoms with van der Waals surface area (Å²) in [5.41, 5.74) is 7.47. The zero-order valence-electron chi connectivity index (χ0n) is 10.2. The Kier molecular flexibility index (Phi) is 2.89. The van der Waals surface area contributed by atoms with Gasteiger partial charge in [-0.05, 0) is 36.4 Å². The van der Waals surface area contributed by atoms with Gasteiger partial charge in [0, 0.05) is 24.5 Å². The first-order valence-corrected chi connectivity index (χ1v) is 5.96. The maximum Gasteiger partial charge on any atom is 0.144 e. The summed E-state index contributed by atoms with van der Waals surface area (Å²) < 4.78 is 16.7. The van der Waals surface area contributed by atoms with Crippen LogP contribution in [0.4, 0.5) is 4.39 Å². The molecule has 2 N–H and O–H groups in total. The van der Waals surface area contributed by atoms with Gasteiger partial charge in [0.1, 0.15) is 11.6 Å². The van der Waals surface area contributed by atoms with E-state index >= 15 is 0 Å². The highest BCUT2D eigenvalue weighted by Crippen LogP contribution is 2.19. The SMILES string of the molecule is NCc1cnn(-c2ccc(F)cc2)c1-n1cccc1. The van der Waals surface area contributed by atoms with Crippen LogP contribution in [0.3, 0.4) is 0 Å². The lowest BCUT2D eigenvalue weighted by molar-refractivity contribution is 0.627. The first kappa shape index (κ1) is 11.7. The lowest BCUT2D eigenvalue weighted by Crippen LogP contribution is -2.07. The average Bonchev–Trinajstić information content (AvgIpc) is 3.07. The van der Waals surface area contributed by atoms with Crippen molar-refractivity contribution in [1.29, 1.82) is 0 Å². The Hall–Kier alpha value is -2.40. The maximum absolute atomic E-state index is 13.0. The molecule has 19 heavy (non-hydrogen) atoms. The first-order valence-electron chi connectivity index (χ1n) is 5.96. The molecule has 96 valence electrons. The van der Waals surface area contributed by atoms with E-state index in [9.17, 15) is 4.39 Å². The Labute approximate surface area is 109 Å². The smallest absolute Gasteiger partial charge is 0.144 e. The van der Waals surface area contributed by atoms with E-state index in [2.05, 4.69) is 5.10 Å². The van der Waals surface area contributed by atoms with Crippen molar-refractivity contribution in [3.63, 3.8) is 0 Å². The molecule has 3 aromatic rings. The van der Waals surface area contributed by atoms with Gasteiger partial charge in [-0.1, -0.05) is 0 Å². The van der Waals surface area contributed by atoms with Gasteiger partial charge in [0.15, 0.2) is 0 Å². The fourth-order valence-corrected chi connectivity index (χ4v) is 2.04. The van der Waals surface area contributed by atoms with E-state index in [0.717, 1.165) is 17.1 Å². The molecule has 0 radical (unpaired) electrons. The third kappa shape index (κ3) is 2.04. The molecule has 0 aliphatic carbocycles. The van der Waals surface area contributed by atoms with Crippen LogP contribution in [0, 0.1) is 5.82 Å². The van der Waals surface area contributed by atoms with Gasteiger partial charge in [-0.25, -0.2) is 9.07 Å². The van der Waals surface area contributed by atoms with E-state index in [1.165, 1.54) is 12.1 Å². The van der Waals surface area contributed by atoms with E-state index in [1.807, 2.05) is 29.1 Å². The van der Waals surface area contributed by atoms with Gasteiger partial charge < -0.3 is 10.3 Å². The number of nitrogens with two attached hydrogens (primary N) is 1. The summed E-state index contributed by atoms with van der Waals surface area (Å²) in [4.78, 5) is 0. The van der Waals surface area contributed by atoms with Gasteiger partial charge in [0.2, 0.25) is 0 Å². The molecule has 0 unspecified atom stereocenters. The number of rotatable bonds is 3. The van der Waals surface area contributed by atoms with Crippen LogP contribution in [-0.2, 0) is 6.54 Å². The molecule has 2 heterocycles. The molecule has 5 heteroatoms. The monoisotopic (exact) mass is 256 g/mol. The van der Waals surface area contributed by atoms with Crippen molar-refractivity contribution in [2.24, 2.45) is 5.73 Å². The number of benzene rings is 1. The normalized spacial score (nSPS) is 10.8. The van der Waals surface area contributed by atoms with Gasteiger partial charge >= 0.3 is 0 Å². The molecule has 0 saturated heterocycles. The molecule has 0 saturated carbocycles. The van der Waals surface area contributed by atoms with Crippen LogP contribution in [0.2, 0.25) is 0 Å². The number of halogens is 1. The minimum absolute atomic E-state index is 0.266. The summed E-state index contributed by atoms with van der Waals surface area (Å²) in [5, 5.41) is 4.34. The Morgan fingerprint density at radius 1 is 1.11 bits per heavy atom. The number of aromatic nitrogens is 3. The predicted molar refractivity (Wildman–Crippen MR) is 70.7 cm³/mol. The highest BCUT2D eigenvalue weighted by atomic mass is 19.1. The number of hydrogen-bond acceptors (Lipinski definition) is 2. The van der Waals surface area contributed by atoms with E-state index in [0.29, 0.717) is 6.54 Å². The van der Waals surface area contributed by atoms with Gasteiger partial charge in [-0.2, -0.15) is 5.10 Å². The largest absolute Gasteiger partial charge is 0.326 e. The predicted octanol–water partition coefficient (Wildman–Crippen LogP) is 2.26. The van der Waals surface area contributed by atoms with Gasteiger partial charge in [0.05, 0.1) is 11.9 Å². The van der Waals surface area contributed by atoms with Crippen LogP contribution in [0.15, 0.2) is 55.0 Å². The van der Waals surface area contributed by atoms with Gasteiger partial charge in [-0.3, -0.25) is 0 Å². The second-order valence-corrected chi connectivity index (χ2v) is 4.18. The second-order valence-electron chi connectivity index (χ2n) is 4.18. The minimum Gasteiger partial charge on any atom is -0.326 e. The van der Waals surface area contributed by atoms with Crippen LogP contribution in [-0.4, -0.2) is 14.3 Å². The standard InChI is InChI=1S/C14H13FN4/c15-12-3-5-13(6-4-12)19-14(11(9-16)10-17-19)18-7-1-2-8-18/h1-8,10H,9,16H2. The quantitative estimate of drug-likeness (QED) is 0.781. The Balaban J connectivity index is 2.17. The summed E-state index contributed by atoms with van der Waals surface area (Å²) in [6.45, 7) is 0.398. The van der Waals surface area contributed by atoms with E-state index in [4.69, 9.17) is 5.73 Å². The summed E-state index contributed by atoms with van der Waals surface area (Å²) in [7, 11) is 0. The van der Waals surface area contributed by atoms with Crippen LogP contribution in [0.5, 0.6) is 0 Å². The summed E-state index contributed by atoms with van der Waals surface area (Å²) in [5.74, 6) is 0.608. The Morgan fingerprint density at radius 3 is 2.42 bits per heavy atom. The Morgan fingerprint density at radius 2 is 1.79 bits per heavy atom. The first-order chi connectivity index (χ1) is 9.29. The molecule has 0 amide bonds. The molecule has 0 atom stereocenters. The molecule has 4 nitrogen and oxygen atoms in total. The molecular formula is C14H13FN4. The molecule has 3 rings (SSSR count). The van der Waals surface area contributed by atoms with Crippen molar-refractivity contribution in [3.8, 4) is 11.5 Å². The zero-order valence-corrected chi connectivity index (χ0v) is 10.2. The van der Waals surface area contributed by atoms with Crippen molar-refractivity contribution in [2.75, 3.05) is 0 Å². The molecule has 0 spiro atoms. The molecule has 0 bridgehead atoms. The lowest BCUT2D eigenvalue weighted by atomic mass is 10.3. The summed E-state index contributed by atoms with van der Waals surface area (Å²) in [6, 6.07) is 10.1. The highest BCUT2D eigenvalue weighted by molar-refractivity contribution is 5.43. The molecule has 1 aromatic carbocycles. The van der Waals surface area contributed by atoms with E-state index in [1.54, 1.807) is 23.0 Å². The molecule has 2 aromatic heterocycles. The van der Waals surface area contributed by atoms with Crippen molar-refractivity contribution in [3.05, 3.63) is 66.4 Å². The highest BCUT2D eigenvalue weighted by Gasteiger charge is 2.12. The third-order valence-corrected chi connectivity index (χ3v) is 2.96. The summed E-state index contributed by atoms with van der Waals surface area (Å²) in [6.07, 6.45) is 5.59. The Bertz CT molecular complexity index is 668. The summed E-state index contributed by atoms with van der Waals surface area (Å²) >= 11 is 0. The number of nitrogens with zero attached hydrogens (tertiary/aromatic N) is 3. The minimum atomic E-state index is -0.266. The van der Waals surface area contributed by atoms with Crippen LogP contribution < -0.4 is 5.73 Å².